The predicted molar refractivity (Wildman–Crippen MR) is 118 cm³/mol. The van der Waals surface area contributed by atoms with Crippen molar-refractivity contribution in [2.24, 2.45) is 0 Å². The number of aromatic nitrogens is 2. The van der Waals surface area contributed by atoms with Crippen LogP contribution in [0.4, 0.5) is 0 Å². The van der Waals surface area contributed by atoms with Crippen molar-refractivity contribution in [1.82, 2.24) is 19.6 Å². The zero-order chi connectivity index (χ0) is 21.1. The van der Waals surface area contributed by atoms with Gasteiger partial charge in [0.05, 0.1) is 18.5 Å². The molecular weight excluding hydrogens is 376 g/mol. The summed E-state index contributed by atoms with van der Waals surface area (Å²) in [6.45, 7) is 8.52. The number of rotatable bonds is 5. The first-order valence-corrected chi connectivity index (χ1v) is 10.4. The summed E-state index contributed by atoms with van der Waals surface area (Å²) >= 11 is 0. The van der Waals surface area contributed by atoms with E-state index in [1.54, 1.807) is 11.8 Å². The number of likely N-dealkylation sites (N-methyl/N-ethyl adjacent to an activating group) is 1. The molecule has 3 aromatic rings. The summed E-state index contributed by atoms with van der Waals surface area (Å²) in [7, 11) is 1.65. The number of benzene rings is 2. The van der Waals surface area contributed by atoms with Gasteiger partial charge in [0.25, 0.3) is 5.91 Å². The van der Waals surface area contributed by atoms with Gasteiger partial charge in [-0.25, -0.2) is 4.68 Å². The molecule has 0 atom stereocenters. The van der Waals surface area contributed by atoms with E-state index >= 15 is 0 Å². The summed E-state index contributed by atoms with van der Waals surface area (Å²) in [4.78, 5) is 17.7. The Balaban J connectivity index is 1.70. The molecule has 1 aromatic heterocycles. The molecule has 0 radical (unpaired) electrons. The predicted octanol–water partition coefficient (Wildman–Crippen LogP) is 3.63. The zero-order valence-corrected chi connectivity index (χ0v) is 17.8. The molecule has 30 heavy (non-hydrogen) atoms. The quantitative estimate of drug-likeness (QED) is 0.652. The molecule has 0 spiro atoms. The van der Waals surface area contributed by atoms with Crippen molar-refractivity contribution in [3.63, 3.8) is 0 Å². The molecule has 6 heteroatoms. The molecule has 1 fully saturated rings. The molecule has 0 bridgehead atoms. The van der Waals surface area contributed by atoms with Crippen LogP contribution < -0.4 is 4.74 Å². The van der Waals surface area contributed by atoms with E-state index in [4.69, 9.17) is 9.84 Å². The highest BCUT2D eigenvalue weighted by Crippen LogP contribution is 2.25. The van der Waals surface area contributed by atoms with Crippen LogP contribution in [0.25, 0.3) is 16.9 Å². The van der Waals surface area contributed by atoms with Crippen LogP contribution in [0.1, 0.15) is 23.0 Å². The van der Waals surface area contributed by atoms with Crippen LogP contribution in [-0.4, -0.2) is 65.3 Å². The third kappa shape index (κ3) is 4.09. The summed E-state index contributed by atoms with van der Waals surface area (Å²) in [5, 5.41) is 4.80. The van der Waals surface area contributed by atoms with Crippen molar-refractivity contribution in [2.45, 2.75) is 13.8 Å². The fourth-order valence-electron chi connectivity index (χ4n) is 3.75. The Labute approximate surface area is 177 Å². The molecule has 0 unspecified atom stereocenters. The molecule has 1 amide bonds. The van der Waals surface area contributed by atoms with Gasteiger partial charge in [0.1, 0.15) is 11.4 Å². The Hall–Kier alpha value is -3.12. The first-order chi connectivity index (χ1) is 14.6. The van der Waals surface area contributed by atoms with Gasteiger partial charge in [-0.1, -0.05) is 24.6 Å². The zero-order valence-electron chi connectivity index (χ0n) is 17.8. The minimum Gasteiger partial charge on any atom is -0.497 e. The summed E-state index contributed by atoms with van der Waals surface area (Å²) in [5.74, 6) is 0.820. The van der Waals surface area contributed by atoms with E-state index in [-0.39, 0.29) is 5.91 Å². The topological polar surface area (TPSA) is 50.6 Å². The Kier molecular flexibility index (Phi) is 5.86. The Morgan fingerprint density at radius 2 is 1.67 bits per heavy atom. The van der Waals surface area contributed by atoms with Crippen LogP contribution in [0.5, 0.6) is 5.75 Å². The van der Waals surface area contributed by atoms with Gasteiger partial charge < -0.3 is 14.5 Å². The summed E-state index contributed by atoms with van der Waals surface area (Å²) in [6.07, 6.45) is 0. The maximum absolute atomic E-state index is 13.4. The third-order valence-electron chi connectivity index (χ3n) is 5.70. The minimum absolute atomic E-state index is 0.0265. The number of carbonyl (C=O) groups excluding carboxylic acids is 1. The number of nitrogens with zero attached hydrogens (tertiary/aromatic N) is 4. The number of aryl methyl sites for hydroxylation is 1. The molecule has 0 aliphatic carbocycles. The number of hydrogen-bond donors (Lipinski definition) is 0. The van der Waals surface area contributed by atoms with Gasteiger partial charge in [-0.05, 0) is 55.9 Å². The lowest BCUT2D eigenvalue weighted by molar-refractivity contribution is 0.0634. The maximum atomic E-state index is 13.4. The SMILES string of the molecule is CCN1CCN(C(=O)c2cc(-c3ccc(OC)cc3)nn2-c2ccc(C)cc2)CC1. The average Bonchev–Trinajstić information content (AvgIpc) is 3.24. The minimum atomic E-state index is 0.0265. The molecule has 1 aliphatic heterocycles. The van der Waals surface area contributed by atoms with Gasteiger partial charge in [0.2, 0.25) is 0 Å². The first-order valence-electron chi connectivity index (χ1n) is 10.4. The highest BCUT2D eigenvalue weighted by atomic mass is 16.5. The van der Waals surface area contributed by atoms with Gasteiger partial charge in [-0.2, -0.15) is 5.10 Å². The van der Waals surface area contributed by atoms with Crippen LogP contribution in [0.2, 0.25) is 0 Å². The molecule has 156 valence electrons. The number of ether oxygens (including phenoxy) is 1. The lowest BCUT2D eigenvalue weighted by Gasteiger charge is -2.34. The molecule has 0 N–H and O–H groups in total. The van der Waals surface area contributed by atoms with E-state index in [0.29, 0.717) is 5.69 Å². The van der Waals surface area contributed by atoms with Crippen molar-refractivity contribution in [3.8, 4) is 22.7 Å². The smallest absolute Gasteiger partial charge is 0.272 e. The number of hydrogen-bond acceptors (Lipinski definition) is 4. The Bertz CT molecular complexity index is 1000. The van der Waals surface area contributed by atoms with Gasteiger partial charge in [0.15, 0.2) is 0 Å². The van der Waals surface area contributed by atoms with E-state index in [1.165, 1.54) is 5.56 Å². The lowest BCUT2D eigenvalue weighted by atomic mass is 10.1. The van der Waals surface area contributed by atoms with E-state index in [9.17, 15) is 4.79 Å². The van der Waals surface area contributed by atoms with Gasteiger partial charge >= 0.3 is 0 Å². The van der Waals surface area contributed by atoms with Crippen LogP contribution in [-0.2, 0) is 0 Å². The largest absolute Gasteiger partial charge is 0.497 e. The third-order valence-corrected chi connectivity index (χ3v) is 5.70. The monoisotopic (exact) mass is 404 g/mol. The highest BCUT2D eigenvalue weighted by Gasteiger charge is 2.25. The van der Waals surface area contributed by atoms with Crippen LogP contribution >= 0.6 is 0 Å². The number of methoxy groups -OCH3 is 1. The van der Waals surface area contributed by atoms with Crippen LogP contribution in [0.15, 0.2) is 54.6 Å². The second-order valence-corrected chi connectivity index (χ2v) is 7.62. The van der Waals surface area contributed by atoms with E-state index in [0.717, 1.165) is 55.4 Å². The Morgan fingerprint density at radius 3 is 2.27 bits per heavy atom. The molecule has 1 saturated heterocycles. The Morgan fingerprint density at radius 1 is 1.00 bits per heavy atom. The van der Waals surface area contributed by atoms with Crippen molar-refractivity contribution in [2.75, 3.05) is 39.8 Å². The van der Waals surface area contributed by atoms with E-state index < -0.39 is 0 Å². The van der Waals surface area contributed by atoms with Crippen molar-refractivity contribution >= 4 is 5.91 Å². The van der Waals surface area contributed by atoms with Gasteiger partial charge in [-0.15, -0.1) is 0 Å². The molecule has 2 heterocycles. The lowest BCUT2D eigenvalue weighted by Crippen LogP contribution is -2.48. The maximum Gasteiger partial charge on any atom is 0.272 e. The number of piperazine rings is 1. The van der Waals surface area contributed by atoms with Crippen molar-refractivity contribution in [1.29, 1.82) is 0 Å². The molecule has 6 nitrogen and oxygen atoms in total. The second kappa shape index (κ2) is 8.71. The van der Waals surface area contributed by atoms with Crippen LogP contribution in [0.3, 0.4) is 0 Å². The fourth-order valence-corrected chi connectivity index (χ4v) is 3.75. The van der Waals surface area contributed by atoms with Gasteiger partial charge in [0, 0.05) is 31.7 Å². The standard InChI is InChI=1S/C24H28N4O2/c1-4-26-13-15-27(16-14-26)24(29)23-17-22(19-7-11-21(30-3)12-8-19)25-28(23)20-9-5-18(2)6-10-20/h5-12,17H,4,13-16H2,1-3H3. The molecule has 1 aliphatic rings. The summed E-state index contributed by atoms with van der Waals surface area (Å²) in [5.41, 5.74) is 4.37. The van der Waals surface area contributed by atoms with E-state index in [1.807, 2.05) is 59.5 Å². The summed E-state index contributed by atoms with van der Waals surface area (Å²) in [6, 6.07) is 17.7. The fraction of sp³-hybridized carbons (Fsp3) is 0.333. The number of carbonyl (C=O) groups is 1. The number of amides is 1. The van der Waals surface area contributed by atoms with E-state index in [2.05, 4.69) is 18.7 Å². The van der Waals surface area contributed by atoms with Crippen molar-refractivity contribution < 1.29 is 9.53 Å². The highest BCUT2D eigenvalue weighted by molar-refractivity contribution is 5.94. The normalized spacial score (nSPS) is 14.7. The first kappa shape index (κ1) is 20.2. The van der Waals surface area contributed by atoms with Crippen molar-refractivity contribution in [3.05, 3.63) is 65.9 Å². The second-order valence-electron chi connectivity index (χ2n) is 7.62. The van der Waals surface area contributed by atoms with Crippen LogP contribution in [0, 0.1) is 6.92 Å². The molecule has 4 rings (SSSR count). The van der Waals surface area contributed by atoms with Gasteiger partial charge in [-0.3, -0.25) is 4.79 Å². The molecule has 2 aromatic carbocycles. The molecular formula is C24H28N4O2. The summed E-state index contributed by atoms with van der Waals surface area (Å²) < 4.78 is 7.03. The molecule has 0 saturated carbocycles. The average molecular weight is 405 g/mol.